The van der Waals surface area contributed by atoms with Crippen LogP contribution in [-0.2, 0) is 0 Å². The van der Waals surface area contributed by atoms with E-state index >= 15 is 0 Å². The van der Waals surface area contributed by atoms with Crippen LogP contribution in [0.4, 0.5) is 15.8 Å². The number of hydrogen-bond donors (Lipinski definition) is 2. The molecule has 0 fully saturated rings. The molecule has 2 aromatic rings. The van der Waals surface area contributed by atoms with E-state index in [-0.39, 0.29) is 17.0 Å². The van der Waals surface area contributed by atoms with Gasteiger partial charge in [-0.15, -0.1) is 0 Å². The molecule has 0 heterocycles. The van der Waals surface area contributed by atoms with Crippen molar-refractivity contribution in [3.63, 3.8) is 0 Å². The Bertz CT molecular complexity index is 683. The van der Waals surface area contributed by atoms with Crippen LogP contribution in [0.2, 0.25) is 0 Å². The molecule has 0 aliphatic heterocycles. The lowest BCUT2D eigenvalue weighted by Gasteiger charge is -2.11. The fourth-order valence-corrected chi connectivity index (χ4v) is 1.84. The van der Waals surface area contributed by atoms with Gasteiger partial charge in [0.25, 0.3) is 0 Å². The maximum Gasteiger partial charge on any atom is 0.335 e. The molecule has 2 N–H and O–H groups in total. The highest BCUT2D eigenvalue weighted by Gasteiger charge is 2.10. The van der Waals surface area contributed by atoms with E-state index in [1.165, 1.54) is 19.1 Å². The Morgan fingerprint density at radius 2 is 1.85 bits per heavy atom. The predicted molar refractivity (Wildman–Crippen MR) is 73.1 cm³/mol. The van der Waals surface area contributed by atoms with Crippen molar-refractivity contribution in [2.75, 3.05) is 5.32 Å². The maximum atomic E-state index is 13.4. The first kappa shape index (κ1) is 13.7. The molecule has 102 valence electrons. The fourth-order valence-electron chi connectivity index (χ4n) is 1.84. The summed E-state index contributed by atoms with van der Waals surface area (Å²) >= 11 is 0. The predicted octanol–water partition coefficient (Wildman–Crippen LogP) is 3.47. The van der Waals surface area contributed by atoms with E-state index < -0.39 is 11.8 Å². The third-order valence-electron chi connectivity index (χ3n) is 2.73. The SMILES string of the molecule is CC(=O)c1ccccc1Nc1cc(F)cc(C(=O)O)c1. The van der Waals surface area contributed by atoms with Gasteiger partial charge < -0.3 is 10.4 Å². The molecule has 2 rings (SSSR count). The molecule has 0 aliphatic carbocycles. The van der Waals surface area contributed by atoms with Gasteiger partial charge in [-0.05, 0) is 37.3 Å². The van der Waals surface area contributed by atoms with Crippen molar-refractivity contribution < 1.29 is 19.1 Å². The number of halogens is 1. The number of rotatable bonds is 4. The summed E-state index contributed by atoms with van der Waals surface area (Å²) in [6.07, 6.45) is 0. The Labute approximate surface area is 114 Å². The Kier molecular flexibility index (Phi) is 3.79. The molecule has 0 atom stereocenters. The van der Waals surface area contributed by atoms with E-state index in [2.05, 4.69) is 5.32 Å². The summed E-state index contributed by atoms with van der Waals surface area (Å²) < 4.78 is 13.4. The molecule has 20 heavy (non-hydrogen) atoms. The average molecular weight is 273 g/mol. The minimum absolute atomic E-state index is 0.136. The maximum absolute atomic E-state index is 13.4. The lowest BCUT2D eigenvalue weighted by atomic mass is 10.1. The van der Waals surface area contributed by atoms with Crippen molar-refractivity contribution in [1.82, 2.24) is 0 Å². The lowest BCUT2D eigenvalue weighted by Crippen LogP contribution is -2.02. The molecular weight excluding hydrogens is 261 g/mol. The second-order valence-corrected chi connectivity index (χ2v) is 4.26. The van der Waals surface area contributed by atoms with Crippen LogP contribution in [0.15, 0.2) is 42.5 Å². The van der Waals surface area contributed by atoms with Crippen LogP contribution < -0.4 is 5.32 Å². The highest BCUT2D eigenvalue weighted by molar-refractivity contribution is 6.00. The topological polar surface area (TPSA) is 66.4 Å². The average Bonchev–Trinajstić information content (AvgIpc) is 2.38. The van der Waals surface area contributed by atoms with Gasteiger partial charge in [-0.1, -0.05) is 12.1 Å². The Balaban J connectivity index is 2.40. The minimum Gasteiger partial charge on any atom is -0.478 e. The van der Waals surface area contributed by atoms with E-state index in [0.717, 1.165) is 6.07 Å². The van der Waals surface area contributed by atoms with Crippen molar-refractivity contribution >= 4 is 23.1 Å². The van der Waals surface area contributed by atoms with Crippen molar-refractivity contribution in [1.29, 1.82) is 0 Å². The van der Waals surface area contributed by atoms with E-state index in [0.29, 0.717) is 11.3 Å². The molecular formula is C15H12FNO3. The van der Waals surface area contributed by atoms with Gasteiger partial charge >= 0.3 is 5.97 Å². The van der Waals surface area contributed by atoms with Crippen LogP contribution in [0.25, 0.3) is 0 Å². The number of aromatic carboxylic acids is 1. The van der Waals surface area contributed by atoms with Crippen molar-refractivity contribution in [2.24, 2.45) is 0 Å². The second kappa shape index (κ2) is 5.52. The molecule has 0 aliphatic rings. The van der Waals surface area contributed by atoms with Gasteiger partial charge in [0.15, 0.2) is 5.78 Å². The summed E-state index contributed by atoms with van der Waals surface area (Å²) in [6.45, 7) is 1.43. The molecule has 5 heteroatoms. The molecule has 4 nitrogen and oxygen atoms in total. The number of carboxylic acids is 1. The number of carboxylic acid groups (broad SMARTS) is 1. The first-order valence-corrected chi connectivity index (χ1v) is 5.88. The molecule has 0 bridgehead atoms. The molecule has 0 saturated heterocycles. The van der Waals surface area contributed by atoms with Crippen LogP contribution in [0.3, 0.4) is 0 Å². The zero-order chi connectivity index (χ0) is 14.7. The Hall–Kier alpha value is -2.69. The summed E-state index contributed by atoms with van der Waals surface area (Å²) in [6, 6.07) is 10.2. The first-order chi connectivity index (χ1) is 9.47. The van der Waals surface area contributed by atoms with Crippen LogP contribution >= 0.6 is 0 Å². The van der Waals surface area contributed by atoms with Crippen LogP contribution in [0, 0.1) is 5.82 Å². The van der Waals surface area contributed by atoms with Gasteiger partial charge in [-0.2, -0.15) is 0 Å². The van der Waals surface area contributed by atoms with Gasteiger partial charge in [0.2, 0.25) is 0 Å². The first-order valence-electron chi connectivity index (χ1n) is 5.88. The van der Waals surface area contributed by atoms with E-state index in [1.807, 2.05) is 0 Å². The molecule has 2 aromatic carbocycles. The molecule has 0 amide bonds. The van der Waals surface area contributed by atoms with Crippen molar-refractivity contribution in [3.05, 3.63) is 59.4 Å². The Morgan fingerprint density at radius 1 is 1.15 bits per heavy atom. The van der Waals surface area contributed by atoms with Crippen molar-refractivity contribution in [2.45, 2.75) is 6.92 Å². The number of benzene rings is 2. The number of nitrogens with one attached hydrogen (secondary N) is 1. The summed E-state index contributed by atoms with van der Waals surface area (Å²) in [4.78, 5) is 22.4. The minimum atomic E-state index is -1.22. The standard InChI is InChI=1S/C15H12FNO3/c1-9(18)13-4-2-3-5-14(13)17-12-7-10(15(19)20)6-11(16)8-12/h2-8,17H,1H3,(H,19,20). The lowest BCUT2D eigenvalue weighted by molar-refractivity contribution is 0.0696. The largest absolute Gasteiger partial charge is 0.478 e. The number of Topliss-reactive ketones (excluding diaryl/α,β-unsaturated/α-hetero) is 1. The quantitative estimate of drug-likeness (QED) is 0.837. The number of carbonyl (C=O) groups excluding carboxylic acids is 1. The number of carbonyl (C=O) groups is 2. The van der Waals surface area contributed by atoms with Crippen LogP contribution in [0.1, 0.15) is 27.6 Å². The van der Waals surface area contributed by atoms with Gasteiger partial charge in [-0.3, -0.25) is 4.79 Å². The number of para-hydroxylation sites is 1. The highest BCUT2D eigenvalue weighted by Crippen LogP contribution is 2.23. The number of ketones is 1. The van der Waals surface area contributed by atoms with Crippen LogP contribution in [0.5, 0.6) is 0 Å². The zero-order valence-corrected chi connectivity index (χ0v) is 10.7. The Morgan fingerprint density at radius 3 is 2.50 bits per heavy atom. The normalized spacial score (nSPS) is 10.1. The van der Waals surface area contributed by atoms with Gasteiger partial charge in [-0.25, -0.2) is 9.18 Å². The summed E-state index contributed by atoms with van der Waals surface area (Å²) in [7, 11) is 0. The van der Waals surface area contributed by atoms with Crippen molar-refractivity contribution in [3.8, 4) is 0 Å². The van der Waals surface area contributed by atoms with E-state index in [1.54, 1.807) is 24.3 Å². The highest BCUT2D eigenvalue weighted by atomic mass is 19.1. The van der Waals surface area contributed by atoms with Gasteiger partial charge in [0.1, 0.15) is 5.82 Å². The zero-order valence-electron chi connectivity index (χ0n) is 10.7. The number of anilines is 2. The summed E-state index contributed by atoms with van der Waals surface area (Å²) in [5.41, 5.74) is 1.07. The molecule has 0 saturated carbocycles. The number of hydrogen-bond acceptors (Lipinski definition) is 3. The van der Waals surface area contributed by atoms with Crippen LogP contribution in [-0.4, -0.2) is 16.9 Å². The van der Waals surface area contributed by atoms with Gasteiger partial charge in [0, 0.05) is 16.9 Å². The fraction of sp³-hybridized carbons (Fsp3) is 0.0667. The molecule has 0 unspecified atom stereocenters. The molecule has 0 aromatic heterocycles. The summed E-state index contributed by atoms with van der Waals surface area (Å²) in [5.74, 6) is -2.01. The second-order valence-electron chi connectivity index (χ2n) is 4.26. The molecule has 0 spiro atoms. The third kappa shape index (κ3) is 3.00. The smallest absolute Gasteiger partial charge is 0.335 e. The summed E-state index contributed by atoms with van der Waals surface area (Å²) in [5, 5.41) is 11.8. The monoisotopic (exact) mass is 273 g/mol. The van der Waals surface area contributed by atoms with Gasteiger partial charge in [0.05, 0.1) is 5.56 Å². The van der Waals surface area contributed by atoms with E-state index in [4.69, 9.17) is 5.11 Å². The van der Waals surface area contributed by atoms with E-state index in [9.17, 15) is 14.0 Å². The third-order valence-corrected chi connectivity index (χ3v) is 2.73. The molecule has 0 radical (unpaired) electrons.